The molecular weight excluding hydrogens is 414 g/mol. The molecule has 164 valence electrons. The van der Waals surface area contributed by atoms with Gasteiger partial charge in [0.25, 0.3) is 0 Å². The molecular formula is C20H26ClN3O6. The Kier molecular flexibility index (Phi) is 7.55. The van der Waals surface area contributed by atoms with E-state index in [0.29, 0.717) is 11.4 Å². The monoisotopic (exact) mass is 439 g/mol. The first-order valence-electron chi connectivity index (χ1n) is 9.40. The molecule has 0 saturated heterocycles. The van der Waals surface area contributed by atoms with Crippen LogP contribution in [0.25, 0.3) is 0 Å². The predicted molar refractivity (Wildman–Crippen MR) is 112 cm³/mol. The molecule has 0 bridgehead atoms. The molecule has 1 atom stereocenters. The van der Waals surface area contributed by atoms with Gasteiger partial charge in [-0.1, -0.05) is 11.6 Å². The number of anilines is 1. The number of carbonyl (C=O) groups excluding carboxylic acids is 3. The maximum atomic E-state index is 12.2. The highest BCUT2D eigenvalue weighted by Gasteiger charge is 2.30. The van der Waals surface area contributed by atoms with Crippen LogP contribution in [0, 0.1) is 0 Å². The van der Waals surface area contributed by atoms with Crippen LogP contribution < -0.4 is 20.7 Å². The standard InChI is InChI=1S/C20H26ClN3O6/c1-6-28-17(25)16-11(2)22-18(26)24-14(16)10-29-15-8-7-12(9-13(15)21)23-19(27)30-20(3,4)5/h7-9,11H,6,10H2,1-5H3,(H,23,27)(H2,22,24,26). The predicted octanol–water partition coefficient (Wildman–Crippen LogP) is 3.58. The Bertz CT molecular complexity index is 863. The second kappa shape index (κ2) is 9.71. The first-order chi connectivity index (χ1) is 14.0. The van der Waals surface area contributed by atoms with Crippen LogP contribution in [-0.4, -0.2) is 43.0 Å². The molecule has 1 aliphatic heterocycles. The van der Waals surface area contributed by atoms with Crippen molar-refractivity contribution >= 4 is 35.4 Å². The molecule has 0 aromatic heterocycles. The van der Waals surface area contributed by atoms with E-state index >= 15 is 0 Å². The number of nitrogens with one attached hydrogen (secondary N) is 3. The van der Waals surface area contributed by atoms with Crippen molar-refractivity contribution in [2.75, 3.05) is 18.5 Å². The molecule has 1 unspecified atom stereocenters. The summed E-state index contributed by atoms with van der Waals surface area (Å²) in [5.74, 6) is -0.235. The van der Waals surface area contributed by atoms with Gasteiger partial charge in [0.1, 0.15) is 18.0 Å². The smallest absolute Gasteiger partial charge is 0.412 e. The second-order valence-electron chi connectivity index (χ2n) is 7.49. The lowest BCUT2D eigenvalue weighted by Gasteiger charge is -2.26. The summed E-state index contributed by atoms with van der Waals surface area (Å²) in [5, 5.41) is 7.99. The Morgan fingerprint density at radius 2 is 1.97 bits per heavy atom. The van der Waals surface area contributed by atoms with Crippen LogP contribution in [0.5, 0.6) is 5.75 Å². The van der Waals surface area contributed by atoms with Crippen LogP contribution in [0.4, 0.5) is 15.3 Å². The van der Waals surface area contributed by atoms with E-state index < -0.39 is 29.7 Å². The summed E-state index contributed by atoms with van der Waals surface area (Å²) in [6.45, 7) is 8.75. The zero-order valence-electron chi connectivity index (χ0n) is 17.6. The van der Waals surface area contributed by atoms with Gasteiger partial charge in [-0.15, -0.1) is 0 Å². The summed E-state index contributed by atoms with van der Waals surface area (Å²) >= 11 is 6.25. The largest absolute Gasteiger partial charge is 0.486 e. The maximum Gasteiger partial charge on any atom is 0.412 e. The van der Waals surface area contributed by atoms with E-state index in [2.05, 4.69) is 16.0 Å². The van der Waals surface area contributed by atoms with Gasteiger partial charge < -0.3 is 24.8 Å². The summed E-state index contributed by atoms with van der Waals surface area (Å²) in [6.07, 6.45) is -0.608. The molecule has 1 aromatic carbocycles. The lowest BCUT2D eigenvalue weighted by molar-refractivity contribution is -0.139. The number of halogens is 1. The molecule has 0 saturated carbocycles. The Morgan fingerprint density at radius 1 is 1.27 bits per heavy atom. The highest BCUT2D eigenvalue weighted by Crippen LogP contribution is 2.29. The van der Waals surface area contributed by atoms with Gasteiger partial charge in [-0.2, -0.15) is 0 Å². The van der Waals surface area contributed by atoms with Gasteiger partial charge in [-0.3, -0.25) is 5.32 Å². The van der Waals surface area contributed by atoms with E-state index in [0.717, 1.165) is 0 Å². The average Bonchev–Trinajstić information content (AvgIpc) is 2.58. The van der Waals surface area contributed by atoms with Crippen molar-refractivity contribution in [2.45, 2.75) is 46.3 Å². The molecule has 1 heterocycles. The van der Waals surface area contributed by atoms with E-state index in [4.69, 9.17) is 25.8 Å². The van der Waals surface area contributed by atoms with Crippen molar-refractivity contribution < 1.29 is 28.6 Å². The van der Waals surface area contributed by atoms with Gasteiger partial charge in [0.05, 0.1) is 28.9 Å². The van der Waals surface area contributed by atoms with Crippen LogP contribution in [-0.2, 0) is 14.3 Å². The van der Waals surface area contributed by atoms with Crippen molar-refractivity contribution in [3.05, 3.63) is 34.5 Å². The van der Waals surface area contributed by atoms with Crippen LogP contribution >= 0.6 is 11.6 Å². The van der Waals surface area contributed by atoms with Crippen molar-refractivity contribution in [3.63, 3.8) is 0 Å². The molecule has 1 aromatic rings. The van der Waals surface area contributed by atoms with E-state index in [1.807, 2.05) is 0 Å². The summed E-state index contributed by atoms with van der Waals surface area (Å²) in [6, 6.07) is 3.68. The van der Waals surface area contributed by atoms with Crippen molar-refractivity contribution in [2.24, 2.45) is 0 Å². The summed E-state index contributed by atoms with van der Waals surface area (Å²) in [7, 11) is 0. The zero-order chi connectivity index (χ0) is 22.5. The van der Waals surface area contributed by atoms with Crippen LogP contribution in [0.1, 0.15) is 34.6 Å². The fourth-order valence-electron chi connectivity index (χ4n) is 2.66. The molecule has 9 nitrogen and oxygen atoms in total. The number of esters is 1. The van der Waals surface area contributed by atoms with Crippen molar-refractivity contribution in [1.29, 1.82) is 0 Å². The molecule has 0 radical (unpaired) electrons. The Morgan fingerprint density at radius 3 is 2.57 bits per heavy atom. The van der Waals surface area contributed by atoms with E-state index in [9.17, 15) is 14.4 Å². The molecule has 2 rings (SSSR count). The number of carbonyl (C=O) groups is 3. The third-order valence-corrected chi connectivity index (χ3v) is 4.11. The van der Waals surface area contributed by atoms with Crippen molar-refractivity contribution in [1.82, 2.24) is 10.6 Å². The highest BCUT2D eigenvalue weighted by atomic mass is 35.5. The lowest BCUT2D eigenvalue weighted by Crippen LogP contribution is -2.50. The summed E-state index contributed by atoms with van der Waals surface area (Å²) < 4.78 is 15.9. The van der Waals surface area contributed by atoms with Gasteiger partial charge in [0.15, 0.2) is 0 Å². The molecule has 0 fully saturated rings. The Balaban J connectivity index is 2.12. The van der Waals surface area contributed by atoms with Gasteiger partial charge >= 0.3 is 18.1 Å². The second-order valence-corrected chi connectivity index (χ2v) is 7.90. The number of rotatable bonds is 6. The van der Waals surface area contributed by atoms with Gasteiger partial charge in [0, 0.05) is 5.69 Å². The molecule has 10 heteroatoms. The molecule has 3 N–H and O–H groups in total. The van der Waals surface area contributed by atoms with Crippen LogP contribution in [0.3, 0.4) is 0 Å². The highest BCUT2D eigenvalue weighted by molar-refractivity contribution is 6.32. The molecule has 3 amide bonds. The minimum absolute atomic E-state index is 0.107. The normalized spacial score (nSPS) is 16.3. The summed E-state index contributed by atoms with van der Waals surface area (Å²) in [5.41, 5.74) is 0.363. The lowest BCUT2D eigenvalue weighted by atomic mass is 10.0. The number of benzene rings is 1. The summed E-state index contributed by atoms with van der Waals surface area (Å²) in [4.78, 5) is 35.9. The fraction of sp³-hybridized carbons (Fsp3) is 0.450. The quantitative estimate of drug-likeness (QED) is 0.583. The van der Waals surface area contributed by atoms with Crippen LogP contribution in [0.15, 0.2) is 29.5 Å². The number of hydrogen-bond acceptors (Lipinski definition) is 6. The number of amides is 3. The topological polar surface area (TPSA) is 115 Å². The zero-order valence-corrected chi connectivity index (χ0v) is 18.3. The maximum absolute atomic E-state index is 12.2. The third kappa shape index (κ3) is 6.55. The molecule has 1 aliphatic rings. The SMILES string of the molecule is CCOC(=O)C1=C(COc2ccc(NC(=O)OC(C)(C)C)cc2Cl)NC(=O)NC1C. The minimum Gasteiger partial charge on any atom is -0.486 e. The fourth-order valence-corrected chi connectivity index (χ4v) is 2.90. The molecule has 0 spiro atoms. The van der Waals surface area contributed by atoms with E-state index in [1.54, 1.807) is 46.8 Å². The third-order valence-electron chi connectivity index (χ3n) is 3.81. The van der Waals surface area contributed by atoms with Gasteiger partial charge in [0.2, 0.25) is 0 Å². The van der Waals surface area contributed by atoms with Gasteiger partial charge in [-0.05, 0) is 52.8 Å². The average molecular weight is 440 g/mol. The Labute approximate surface area is 180 Å². The first kappa shape index (κ1) is 23.3. The van der Waals surface area contributed by atoms with E-state index in [-0.39, 0.29) is 29.5 Å². The van der Waals surface area contributed by atoms with Crippen LogP contribution in [0.2, 0.25) is 5.02 Å². The minimum atomic E-state index is -0.627. The number of urea groups is 1. The first-order valence-corrected chi connectivity index (χ1v) is 9.78. The molecule has 30 heavy (non-hydrogen) atoms. The Hall–Kier alpha value is -2.94. The number of hydrogen-bond donors (Lipinski definition) is 3. The van der Waals surface area contributed by atoms with Crippen molar-refractivity contribution in [3.8, 4) is 5.75 Å². The molecule has 0 aliphatic carbocycles. The van der Waals surface area contributed by atoms with E-state index in [1.165, 1.54) is 6.07 Å². The van der Waals surface area contributed by atoms with Gasteiger partial charge in [-0.25, -0.2) is 14.4 Å². The number of ether oxygens (including phenoxy) is 3.